The molecule has 1 aliphatic rings. The van der Waals surface area contributed by atoms with Crippen molar-refractivity contribution in [1.82, 2.24) is 9.55 Å². The highest BCUT2D eigenvalue weighted by Gasteiger charge is 2.62. The average molecular weight is 377 g/mol. The first-order valence-electron chi connectivity index (χ1n) is 9.45. The summed E-state index contributed by atoms with van der Waals surface area (Å²) in [5, 5.41) is 9.79. The zero-order valence-corrected chi connectivity index (χ0v) is 15.5. The summed E-state index contributed by atoms with van der Waals surface area (Å²) in [6, 6.07) is 17.2. The molecule has 2 atom stereocenters. The number of para-hydroxylation sites is 1. The molecule has 0 spiro atoms. The third-order valence-electron chi connectivity index (χ3n) is 5.40. The van der Waals surface area contributed by atoms with Crippen LogP contribution in [0.15, 0.2) is 67.1 Å². The van der Waals surface area contributed by atoms with Crippen molar-refractivity contribution in [3.63, 3.8) is 0 Å². The SMILES string of the molecule is NCCCC1C[C@]1(C(=O)O)c1cn(-c2ccc(Oc3ccccc3)cc2)cn1. The van der Waals surface area contributed by atoms with E-state index in [-0.39, 0.29) is 5.92 Å². The summed E-state index contributed by atoms with van der Waals surface area (Å²) in [6.07, 6.45) is 5.78. The van der Waals surface area contributed by atoms with Gasteiger partial charge in [-0.15, -0.1) is 0 Å². The van der Waals surface area contributed by atoms with Crippen LogP contribution in [-0.4, -0.2) is 27.2 Å². The number of benzene rings is 2. The summed E-state index contributed by atoms with van der Waals surface area (Å²) in [6.45, 7) is 0.581. The first-order chi connectivity index (χ1) is 13.6. The summed E-state index contributed by atoms with van der Waals surface area (Å²) < 4.78 is 7.66. The first kappa shape index (κ1) is 18.3. The van der Waals surface area contributed by atoms with Crippen LogP contribution in [0, 0.1) is 5.92 Å². The number of carbonyl (C=O) groups is 1. The van der Waals surface area contributed by atoms with Crippen LogP contribution in [0.2, 0.25) is 0 Å². The molecule has 3 N–H and O–H groups in total. The van der Waals surface area contributed by atoms with Crippen molar-refractivity contribution < 1.29 is 14.6 Å². The molecule has 1 fully saturated rings. The Bertz CT molecular complexity index is 953. The van der Waals surface area contributed by atoms with Crippen LogP contribution in [-0.2, 0) is 10.2 Å². The number of nitrogens with two attached hydrogens (primary N) is 1. The molecule has 1 unspecified atom stereocenters. The van der Waals surface area contributed by atoms with Crippen molar-refractivity contribution in [3.05, 3.63) is 72.8 Å². The van der Waals surface area contributed by atoms with E-state index in [1.54, 1.807) is 6.33 Å². The number of ether oxygens (including phenoxy) is 1. The molecule has 0 aliphatic heterocycles. The van der Waals surface area contributed by atoms with Gasteiger partial charge in [0.15, 0.2) is 0 Å². The van der Waals surface area contributed by atoms with E-state index in [0.29, 0.717) is 18.7 Å². The highest BCUT2D eigenvalue weighted by molar-refractivity contribution is 5.85. The van der Waals surface area contributed by atoms with E-state index < -0.39 is 11.4 Å². The molecule has 6 nitrogen and oxygen atoms in total. The standard InChI is InChI=1S/C22H23N3O3/c23-12-4-5-16-13-22(16,21(26)27)20-14-25(15-24-20)17-8-10-19(11-9-17)28-18-6-2-1-3-7-18/h1-3,6-11,14-16H,4-5,12-13,23H2,(H,26,27)/t16?,22-/m1/s1. The Balaban J connectivity index is 1.50. The van der Waals surface area contributed by atoms with Crippen LogP contribution in [0.5, 0.6) is 11.5 Å². The van der Waals surface area contributed by atoms with E-state index in [4.69, 9.17) is 10.5 Å². The smallest absolute Gasteiger partial charge is 0.316 e. The molecule has 1 heterocycles. The summed E-state index contributed by atoms with van der Waals surface area (Å²) in [7, 11) is 0. The van der Waals surface area contributed by atoms with Gasteiger partial charge in [-0.3, -0.25) is 4.79 Å². The summed E-state index contributed by atoms with van der Waals surface area (Å²) in [5.74, 6) is 0.826. The van der Waals surface area contributed by atoms with Gasteiger partial charge in [-0.1, -0.05) is 18.2 Å². The quantitative estimate of drug-likeness (QED) is 0.624. The molecule has 4 rings (SSSR count). The summed E-state index contributed by atoms with van der Waals surface area (Å²) in [4.78, 5) is 16.3. The number of aromatic nitrogens is 2. The van der Waals surface area contributed by atoms with Crippen molar-refractivity contribution in [3.8, 4) is 17.2 Å². The Hall–Kier alpha value is -3.12. The molecule has 1 saturated carbocycles. The molecule has 1 aromatic heterocycles. The zero-order chi connectivity index (χ0) is 19.6. The van der Waals surface area contributed by atoms with Crippen LogP contribution in [0.4, 0.5) is 0 Å². The predicted octanol–water partition coefficient (Wildman–Crippen LogP) is 3.75. The first-order valence-corrected chi connectivity index (χ1v) is 9.45. The number of carboxylic acid groups (broad SMARTS) is 1. The van der Waals surface area contributed by atoms with E-state index in [1.807, 2.05) is 65.4 Å². The van der Waals surface area contributed by atoms with Gasteiger partial charge in [0.2, 0.25) is 0 Å². The fraction of sp³-hybridized carbons (Fsp3) is 0.273. The van der Waals surface area contributed by atoms with Gasteiger partial charge in [-0.2, -0.15) is 0 Å². The third-order valence-corrected chi connectivity index (χ3v) is 5.40. The number of imidazole rings is 1. The lowest BCUT2D eigenvalue weighted by Gasteiger charge is -2.09. The second-order valence-electron chi connectivity index (χ2n) is 7.18. The maximum absolute atomic E-state index is 11.9. The molecule has 144 valence electrons. The van der Waals surface area contributed by atoms with Gasteiger partial charge in [0, 0.05) is 11.9 Å². The molecule has 28 heavy (non-hydrogen) atoms. The van der Waals surface area contributed by atoms with Crippen LogP contribution >= 0.6 is 0 Å². The fourth-order valence-electron chi connectivity index (χ4n) is 3.73. The Kier molecular flexibility index (Phi) is 4.88. The summed E-state index contributed by atoms with van der Waals surface area (Å²) in [5.41, 5.74) is 6.23. The maximum atomic E-state index is 11.9. The Morgan fingerprint density at radius 2 is 1.89 bits per heavy atom. The third kappa shape index (κ3) is 3.39. The topological polar surface area (TPSA) is 90.4 Å². The van der Waals surface area contributed by atoms with E-state index in [9.17, 15) is 9.90 Å². The lowest BCUT2D eigenvalue weighted by atomic mass is 9.98. The number of aliphatic carboxylic acids is 1. The van der Waals surface area contributed by atoms with Gasteiger partial charge in [0.25, 0.3) is 0 Å². The monoisotopic (exact) mass is 377 g/mol. The van der Waals surface area contributed by atoms with Crippen LogP contribution in [0.25, 0.3) is 5.69 Å². The minimum atomic E-state index is -0.864. The van der Waals surface area contributed by atoms with Gasteiger partial charge in [0.05, 0.1) is 12.0 Å². The highest BCUT2D eigenvalue weighted by atomic mass is 16.5. The Labute approximate surface area is 163 Å². The summed E-state index contributed by atoms with van der Waals surface area (Å²) >= 11 is 0. The van der Waals surface area contributed by atoms with Crippen LogP contribution in [0.3, 0.4) is 0 Å². The van der Waals surface area contributed by atoms with E-state index in [1.165, 1.54) is 0 Å². The van der Waals surface area contributed by atoms with E-state index in [0.717, 1.165) is 30.0 Å². The minimum absolute atomic E-state index is 0.110. The van der Waals surface area contributed by atoms with Crippen LogP contribution < -0.4 is 10.5 Å². The van der Waals surface area contributed by atoms with Gasteiger partial charge >= 0.3 is 5.97 Å². The normalized spacial score (nSPS) is 20.7. The number of carboxylic acids is 1. The van der Waals surface area contributed by atoms with E-state index >= 15 is 0 Å². The zero-order valence-electron chi connectivity index (χ0n) is 15.5. The largest absolute Gasteiger partial charge is 0.481 e. The predicted molar refractivity (Wildman–Crippen MR) is 106 cm³/mol. The maximum Gasteiger partial charge on any atom is 0.316 e. The molecule has 1 aliphatic carbocycles. The van der Waals surface area contributed by atoms with Gasteiger partial charge in [0.1, 0.15) is 16.9 Å². The van der Waals surface area contributed by atoms with Crippen LogP contribution in [0.1, 0.15) is 25.0 Å². The second kappa shape index (κ2) is 7.48. The average Bonchev–Trinajstić information content (AvgIpc) is 3.25. The lowest BCUT2D eigenvalue weighted by Crippen LogP contribution is -2.23. The molecule has 0 bridgehead atoms. The molecule has 6 heteroatoms. The number of nitrogens with zero attached hydrogens (tertiary/aromatic N) is 2. The molecular formula is C22H23N3O3. The van der Waals surface area contributed by atoms with Crippen molar-refractivity contribution in [2.45, 2.75) is 24.7 Å². The minimum Gasteiger partial charge on any atom is -0.481 e. The Morgan fingerprint density at radius 3 is 2.57 bits per heavy atom. The van der Waals surface area contributed by atoms with Crippen molar-refractivity contribution in [2.75, 3.05) is 6.54 Å². The fourth-order valence-corrected chi connectivity index (χ4v) is 3.73. The highest BCUT2D eigenvalue weighted by Crippen LogP contribution is 2.56. The number of hydrogen-bond donors (Lipinski definition) is 2. The van der Waals surface area contributed by atoms with E-state index in [2.05, 4.69) is 4.98 Å². The second-order valence-corrected chi connectivity index (χ2v) is 7.18. The van der Waals surface area contributed by atoms with Gasteiger partial charge < -0.3 is 20.1 Å². The molecule has 2 aromatic carbocycles. The van der Waals surface area contributed by atoms with Crippen molar-refractivity contribution in [2.24, 2.45) is 11.7 Å². The van der Waals surface area contributed by atoms with Gasteiger partial charge in [-0.05, 0) is 68.1 Å². The molecule has 0 amide bonds. The molecular weight excluding hydrogens is 354 g/mol. The van der Waals surface area contributed by atoms with Crippen molar-refractivity contribution in [1.29, 1.82) is 0 Å². The Morgan fingerprint density at radius 1 is 1.18 bits per heavy atom. The number of rotatable bonds is 8. The molecule has 0 saturated heterocycles. The molecule has 0 radical (unpaired) electrons. The molecule has 3 aromatic rings. The number of hydrogen-bond acceptors (Lipinski definition) is 4. The van der Waals surface area contributed by atoms with Crippen molar-refractivity contribution >= 4 is 5.97 Å². The lowest BCUT2D eigenvalue weighted by molar-refractivity contribution is -0.140. The van der Waals surface area contributed by atoms with Gasteiger partial charge in [-0.25, -0.2) is 4.98 Å².